The van der Waals surface area contributed by atoms with Crippen LogP contribution >= 0.6 is 0 Å². The number of rotatable bonds is 8. The van der Waals surface area contributed by atoms with E-state index in [-0.39, 0.29) is 11.8 Å². The van der Waals surface area contributed by atoms with Crippen molar-refractivity contribution < 1.29 is 27.4 Å². The van der Waals surface area contributed by atoms with E-state index in [1.165, 1.54) is 12.1 Å². The summed E-state index contributed by atoms with van der Waals surface area (Å²) in [6.45, 7) is 4.08. The fourth-order valence-corrected chi connectivity index (χ4v) is 5.12. The lowest BCUT2D eigenvalue weighted by Crippen LogP contribution is -2.32. The molecule has 4 aromatic rings. The van der Waals surface area contributed by atoms with Gasteiger partial charge in [-0.2, -0.15) is 13.2 Å². The molecule has 1 aliphatic rings. The van der Waals surface area contributed by atoms with Gasteiger partial charge in [0.25, 0.3) is 5.91 Å². The van der Waals surface area contributed by atoms with E-state index in [4.69, 9.17) is 9.47 Å². The van der Waals surface area contributed by atoms with Crippen LogP contribution in [0.2, 0.25) is 0 Å². The number of anilines is 1. The van der Waals surface area contributed by atoms with Crippen LogP contribution in [0.4, 0.5) is 18.9 Å². The Balaban J connectivity index is 1.09. The number of imidazole rings is 1. The van der Waals surface area contributed by atoms with E-state index in [0.29, 0.717) is 41.7 Å². The van der Waals surface area contributed by atoms with Crippen LogP contribution in [0.25, 0.3) is 5.65 Å². The first-order chi connectivity index (χ1) is 19.2. The number of aryl methyl sites for hydroxylation is 1. The Kier molecular flexibility index (Phi) is 7.86. The zero-order valence-corrected chi connectivity index (χ0v) is 22.4. The van der Waals surface area contributed by atoms with Gasteiger partial charge in [-0.05, 0) is 79.8 Å². The first-order valence-corrected chi connectivity index (χ1v) is 13.2. The molecule has 1 amide bonds. The van der Waals surface area contributed by atoms with Crippen LogP contribution < -0.4 is 19.7 Å². The number of piperidine rings is 1. The van der Waals surface area contributed by atoms with Gasteiger partial charge in [-0.3, -0.25) is 9.20 Å². The zero-order valence-electron chi connectivity index (χ0n) is 22.4. The molecule has 5 rings (SSSR count). The molecule has 1 aliphatic heterocycles. The van der Waals surface area contributed by atoms with Crippen LogP contribution in [-0.4, -0.2) is 48.6 Å². The summed E-state index contributed by atoms with van der Waals surface area (Å²) in [5.41, 5.74) is 3.18. The van der Waals surface area contributed by atoms with E-state index in [1.54, 1.807) is 48.9 Å². The Morgan fingerprint density at radius 1 is 1.00 bits per heavy atom. The molecule has 1 saturated heterocycles. The van der Waals surface area contributed by atoms with Crippen molar-refractivity contribution in [2.75, 3.05) is 38.3 Å². The largest absolute Gasteiger partial charge is 0.495 e. The number of halogens is 3. The fourth-order valence-electron chi connectivity index (χ4n) is 5.12. The van der Waals surface area contributed by atoms with E-state index in [2.05, 4.69) is 15.2 Å². The third kappa shape index (κ3) is 6.00. The second-order valence-corrected chi connectivity index (χ2v) is 9.82. The van der Waals surface area contributed by atoms with Gasteiger partial charge in [0.15, 0.2) is 0 Å². The second-order valence-electron chi connectivity index (χ2n) is 9.82. The van der Waals surface area contributed by atoms with E-state index in [0.717, 1.165) is 37.2 Å². The van der Waals surface area contributed by atoms with Crippen LogP contribution in [-0.2, 0) is 6.18 Å². The van der Waals surface area contributed by atoms with Crippen molar-refractivity contribution in [3.8, 4) is 11.5 Å². The summed E-state index contributed by atoms with van der Waals surface area (Å²) in [5, 5.41) is 2.89. The molecule has 10 heteroatoms. The Labute approximate surface area is 230 Å². The number of aromatic nitrogens is 2. The van der Waals surface area contributed by atoms with Crippen molar-refractivity contribution in [3.05, 3.63) is 89.4 Å². The smallest absolute Gasteiger partial charge is 0.416 e. The number of hydrogen-bond donors (Lipinski definition) is 1. The van der Waals surface area contributed by atoms with Crippen LogP contribution in [0.3, 0.4) is 0 Å². The maximum Gasteiger partial charge on any atom is 0.416 e. The van der Waals surface area contributed by atoms with Crippen molar-refractivity contribution in [2.24, 2.45) is 0 Å². The molecule has 40 heavy (non-hydrogen) atoms. The molecule has 3 heterocycles. The zero-order chi connectivity index (χ0) is 28.3. The van der Waals surface area contributed by atoms with Gasteiger partial charge in [0, 0.05) is 18.8 Å². The maximum atomic E-state index is 12.8. The van der Waals surface area contributed by atoms with Crippen LogP contribution in [0, 0.1) is 6.92 Å². The summed E-state index contributed by atoms with van der Waals surface area (Å²) in [6, 6.07) is 17.0. The summed E-state index contributed by atoms with van der Waals surface area (Å²) < 4.78 is 51.3. The minimum absolute atomic E-state index is 0.239. The molecule has 2 aromatic carbocycles. The molecule has 1 fully saturated rings. The molecular formula is C30H31F3N4O3. The molecule has 0 bridgehead atoms. The number of methoxy groups -OCH3 is 1. The lowest BCUT2D eigenvalue weighted by Gasteiger charge is -2.34. The average Bonchev–Trinajstić information content (AvgIpc) is 3.30. The van der Waals surface area contributed by atoms with Gasteiger partial charge in [-0.1, -0.05) is 12.1 Å². The monoisotopic (exact) mass is 552 g/mol. The number of pyridine rings is 1. The summed E-state index contributed by atoms with van der Waals surface area (Å²) in [4.78, 5) is 19.5. The van der Waals surface area contributed by atoms with Crippen molar-refractivity contribution in [1.82, 2.24) is 14.7 Å². The van der Waals surface area contributed by atoms with Crippen molar-refractivity contribution in [3.63, 3.8) is 0 Å². The number of hydrogen-bond acceptors (Lipinski definition) is 5. The van der Waals surface area contributed by atoms with Crippen molar-refractivity contribution in [2.45, 2.75) is 31.9 Å². The third-order valence-corrected chi connectivity index (χ3v) is 7.28. The van der Waals surface area contributed by atoms with Gasteiger partial charge in [0.1, 0.15) is 29.4 Å². The van der Waals surface area contributed by atoms with Gasteiger partial charge >= 0.3 is 6.18 Å². The quantitative estimate of drug-likeness (QED) is 0.277. The highest BCUT2D eigenvalue weighted by atomic mass is 19.4. The number of carbonyl (C=O) groups excluding carboxylic acids is 1. The first-order valence-electron chi connectivity index (χ1n) is 13.2. The lowest BCUT2D eigenvalue weighted by atomic mass is 9.89. The van der Waals surface area contributed by atoms with E-state index in [1.807, 2.05) is 24.3 Å². The van der Waals surface area contributed by atoms with Gasteiger partial charge in [0.2, 0.25) is 0 Å². The lowest BCUT2D eigenvalue weighted by molar-refractivity contribution is -0.137. The SMILES string of the molecule is COc1ccc2nc(C)c(C(=O)NCCOc3ccc(N4CCC(c5ccc(C(F)(F)F)cc5)CC4)cc3)n2c1. The number of nitrogens with zero attached hydrogens (tertiary/aromatic N) is 3. The third-order valence-electron chi connectivity index (χ3n) is 7.28. The summed E-state index contributed by atoms with van der Waals surface area (Å²) in [6.07, 6.45) is -0.820. The first kappa shape index (κ1) is 27.4. The summed E-state index contributed by atoms with van der Waals surface area (Å²) in [7, 11) is 1.57. The predicted octanol–water partition coefficient (Wildman–Crippen LogP) is 5.86. The Morgan fingerprint density at radius 2 is 1.68 bits per heavy atom. The molecule has 0 saturated carbocycles. The maximum absolute atomic E-state index is 12.8. The number of benzene rings is 2. The number of fused-ring (bicyclic) bond motifs is 1. The number of nitrogens with one attached hydrogen (secondary N) is 1. The minimum atomic E-state index is -4.31. The summed E-state index contributed by atoms with van der Waals surface area (Å²) in [5.74, 6) is 1.35. The van der Waals surface area contributed by atoms with E-state index in [9.17, 15) is 18.0 Å². The Hall–Kier alpha value is -4.21. The summed E-state index contributed by atoms with van der Waals surface area (Å²) >= 11 is 0. The molecule has 210 valence electrons. The van der Waals surface area contributed by atoms with Gasteiger partial charge < -0.3 is 19.7 Å². The van der Waals surface area contributed by atoms with Crippen LogP contribution in [0.5, 0.6) is 11.5 Å². The Morgan fingerprint density at radius 3 is 2.33 bits per heavy atom. The number of alkyl halides is 3. The van der Waals surface area contributed by atoms with Crippen molar-refractivity contribution in [1.29, 1.82) is 0 Å². The molecular weight excluding hydrogens is 521 g/mol. The molecule has 0 spiro atoms. The number of amides is 1. The molecule has 2 aromatic heterocycles. The number of carbonyl (C=O) groups is 1. The molecule has 7 nitrogen and oxygen atoms in total. The highest BCUT2D eigenvalue weighted by Gasteiger charge is 2.30. The van der Waals surface area contributed by atoms with E-state index < -0.39 is 11.7 Å². The highest BCUT2D eigenvalue weighted by Crippen LogP contribution is 2.34. The second kappa shape index (κ2) is 11.5. The molecule has 1 N–H and O–H groups in total. The molecule has 0 unspecified atom stereocenters. The topological polar surface area (TPSA) is 68.1 Å². The van der Waals surface area contributed by atoms with Crippen LogP contribution in [0.15, 0.2) is 66.9 Å². The molecule has 0 atom stereocenters. The van der Waals surface area contributed by atoms with Gasteiger partial charge in [0.05, 0.1) is 31.1 Å². The minimum Gasteiger partial charge on any atom is -0.495 e. The standard InChI is InChI=1S/C30H31F3N4O3/c1-20-28(37-19-26(39-2)11-12-27(37)35-20)29(38)34-15-18-40-25-9-7-24(8-10-25)36-16-13-22(14-17-36)21-3-5-23(6-4-21)30(31,32)33/h3-12,19,22H,13-18H2,1-2H3,(H,34,38). The fraction of sp³-hybridized carbons (Fsp3) is 0.333. The van der Waals surface area contributed by atoms with Gasteiger partial charge in [-0.25, -0.2) is 4.98 Å². The predicted molar refractivity (Wildman–Crippen MR) is 146 cm³/mol. The van der Waals surface area contributed by atoms with Gasteiger partial charge in [-0.15, -0.1) is 0 Å². The van der Waals surface area contributed by atoms with E-state index >= 15 is 0 Å². The highest BCUT2D eigenvalue weighted by molar-refractivity contribution is 5.94. The Bertz CT molecular complexity index is 1460. The molecule has 0 radical (unpaired) electrons. The normalized spacial score (nSPS) is 14.4. The van der Waals surface area contributed by atoms with Crippen LogP contribution in [0.1, 0.15) is 46.1 Å². The molecule has 0 aliphatic carbocycles. The van der Waals surface area contributed by atoms with Crippen molar-refractivity contribution >= 4 is 17.2 Å². The number of ether oxygens (including phenoxy) is 2. The average molecular weight is 553 g/mol.